The molecular formula is C28H41NO5S. The van der Waals surface area contributed by atoms with Crippen molar-refractivity contribution < 1.29 is 23.1 Å². The van der Waals surface area contributed by atoms with Crippen molar-refractivity contribution >= 4 is 15.8 Å². The molecule has 2 saturated heterocycles. The molecule has 1 spiro atoms. The molecule has 4 aliphatic rings. The van der Waals surface area contributed by atoms with E-state index in [9.17, 15) is 18.3 Å². The number of aliphatic hydroxyl groups excluding tert-OH is 1. The highest BCUT2D eigenvalue weighted by Crippen LogP contribution is 2.48. The molecule has 1 aliphatic carbocycles. The molecule has 1 unspecified atom stereocenters. The second kappa shape index (κ2) is 11.7. The Morgan fingerprint density at radius 1 is 0.971 bits per heavy atom. The van der Waals surface area contributed by atoms with Gasteiger partial charge in [0.25, 0.3) is 0 Å². The zero-order valence-electron chi connectivity index (χ0n) is 21.1. The Balaban J connectivity index is 1.57. The minimum absolute atomic E-state index is 0.0793. The second-order valence-corrected chi connectivity index (χ2v) is 12.7. The maximum Gasteiger partial charge on any atom is 0.243 e. The van der Waals surface area contributed by atoms with Crippen LogP contribution in [0.5, 0.6) is 0 Å². The molecule has 3 atom stereocenters. The topological polar surface area (TPSA) is 83.9 Å². The summed E-state index contributed by atoms with van der Waals surface area (Å²) in [6.07, 6.45) is 12.3. The van der Waals surface area contributed by atoms with Gasteiger partial charge in [0, 0.05) is 30.8 Å². The molecule has 0 amide bonds. The van der Waals surface area contributed by atoms with Crippen molar-refractivity contribution in [3.8, 4) is 0 Å². The maximum absolute atomic E-state index is 13.6. The van der Waals surface area contributed by atoms with Gasteiger partial charge in [-0.3, -0.25) is 4.79 Å². The molecule has 3 heterocycles. The molecule has 194 valence electrons. The summed E-state index contributed by atoms with van der Waals surface area (Å²) in [5, 5.41) is 10.2. The first-order chi connectivity index (χ1) is 16.8. The number of hydrogen-bond acceptors (Lipinski definition) is 5. The van der Waals surface area contributed by atoms with Crippen molar-refractivity contribution in [2.24, 2.45) is 11.3 Å². The van der Waals surface area contributed by atoms with E-state index in [1.54, 1.807) is 16.4 Å². The van der Waals surface area contributed by atoms with Gasteiger partial charge in [-0.15, -0.1) is 0 Å². The standard InChI is InChI=1S/C28H41NO5S/c1-22-10-12-24(13-11-22)35(32,33)29-18-9-7-5-3-2-4-6-8-16-28-17-14-23(15-19-29)27(31)25(28)20-26(30)34-21-28/h10-14,25-26,30H,2-9,15-21H2,1H3/t25-,26?,28-/m0/s1. The molecule has 3 aliphatic heterocycles. The maximum atomic E-state index is 13.6. The van der Waals surface area contributed by atoms with E-state index < -0.39 is 16.3 Å². The van der Waals surface area contributed by atoms with Crippen LogP contribution >= 0.6 is 0 Å². The van der Waals surface area contributed by atoms with Gasteiger partial charge in [0.05, 0.1) is 11.5 Å². The molecule has 6 nitrogen and oxygen atoms in total. The molecule has 1 aromatic carbocycles. The summed E-state index contributed by atoms with van der Waals surface area (Å²) in [4.78, 5) is 13.9. The fraction of sp³-hybridized carbons (Fsp3) is 0.679. The van der Waals surface area contributed by atoms with Gasteiger partial charge in [-0.25, -0.2) is 8.42 Å². The Morgan fingerprint density at radius 3 is 2.34 bits per heavy atom. The zero-order valence-corrected chi connectivity index (χ0v) is 21.9. The molecule has 35 heavy (non-hydrogen) atoms. The third-order valence-corrected chi connectivity index (χ3v) is 10.2. The highest BCUT2D eigenvalue weighted by molar-refractivity contribution is 7.89. The average molecular weight is 504 g/mol. The number of carbonyl (C=O) groups is 1. The van der Waals surface area contributed by atoms with Crippen LogP contribution < -0.4 is 0 Å². The summed E-state index contributed by atoms with van der Waals surface area (Å²) in [6, 6.07) is 7.01. The van der Waals surface area contributed by atoms with Gasteiger partial charge >= 0.3 is 0 Å². The summed E-state index contributed by atoms with van der Waals surface area (Å²) < 4.78 is 34.2. The van der Waals surface area contributed by atoms with Gasteiger partial charge in [-0.1, -0.05) is 68.7 Å². The van der Waals surface area contributed by atoms with Crippen LogP contribution in [0.25, 0.3) is 0 Å². The smallest absolute Gasteiger partial charge is 0.243 e. The number of aliphatic hydroxyl groups is 1. The van der Waals surface area contributed by atoms with E-state index in [2.05, 4.69) is 0 Å². The van der Waals surface area contributed by atoms with Gasteiger partial charge in [0.15, 0.2) is 12.1 Å². The number of carbonyl (C=O) groups excluding carboxylic acids is 1. The van der Waals surface area contributed by atoms with Crippen molar-refractivity contribution in [2.45, 2.75) is 95.2 Å². The van der Waals surface area contributed by atoms with E-state index in [0.717, 1.165) is 50.5 Å². The van der Waals surface area contributed by atoms with E-state index in [1.165, 1.54) is 19.3 Å². The number of rotatable bonds is 2. The zero-order chi connectivity index (χ0) is 24.9. The number of aryl methyl sites for hydroxylation is 1. The number of fused-ring (bicyclic) bond motifs is 13. The molecule has 1 aromatic rings. The predicted molar refractivity (Wildman–Crippen MR) is 136 cm³/mol. The van der Waals surface area contributed by atoms with Gasteiger partial charge in [-0.05, 0) is 50.3 Å². The largest absolute Gasteiger partial charge is 0.368 e. The predicted octanol–water partition coefficient (Wildman–Crippen LogP) is 5.14. The van der Waals surface area contributed by atoms with E-state index >= 15 is 0 Å². The van der Waals surface area contributed by atoms with Crippen molar-refractivity contribution in [3.05, 3.63) is 41.5 Å². The minimum Gasteiger partial charge on any atom is -0.368 e. The van der Waals surface area contributed by atoms with Crippen LogP contribution in [0, 0.1) is 18.3 Å². The summed E-state index contributed by atoms with van der Waals surface area (Å²) in [5.41, 5.74) is 1.50. The monoisotopic (exact) mass is 503 g/mol. The number of ketones is 1. The summed E-state index contributed by atoms with van der Waals surface area (Å²) in [6.45, 7) is 3.13. The Kier molecular flexibility index (Phi) is 8.85. The number of Topliss-reactive ketones (excluding diaryl/α,β-unsaturated/α-hetero) is 1. The fourth-order valence-electron chi connectivity index (χ4n) is 5.98. The number of benzene rings is 1. The second-order valence-electron chi connectivity index (χ2n) is 10.8. The lowest BCUT2D eigenvalue weighted by Crippen LogP contribution is -2.49. The van der Waals surface area contributed by atoms with Crippen LogP contribution in [0.1, 0.15) is 82.6 Å². The minimum atomic E-state index is -3.64. The van der Waals surface area contributed by atoms with Crippen molar-refractivity contribution in [1.29, 1.82) is 0 Å². The molecule has 5 rings (SSSR count). The average Bonchev–Trinajstić information content (AvgIpc) is 2.84. The van der Waals surface area contributed by atoms with Gasteiger partial charge in [-0.2, -0.15) is 4.31 Å². The highest BCUT2D eigenvalue weighted by Gasteiger charge is 2.49. The lowest BCUT2D eigenvalue weighted by molar-refractivity contribution is -0.193. The molecule has 0 radical (unpaired) electrons. The molecule has 0 aromatic heterocycles. The Morgan fingerprint density at radius 2 is 1.63 bits per heavy atom. The van der Waals surface area contributed by atoms with Crippen LogP contribution in [0.4, 0.5) is 0 Å². The highest BCUT2D eigenvalue weighted by atomic mass is 32.2. The Labute approximate surface area is 210 Å². The molecule has 0 saturated carbocycles. The van der Waals surface area contributed by atoms with Crippen LogP contribution in [0.15, 0.2) is 40.8 Å². The third-order valence-electron chi connectivity index (χ3n) is 8.25. The molecule has 1 N–H and O–H groups in total. The van der Waals surface area contributed by atoms with Crippen molar-refractivity contribution in [2.75, 3.05) is 19.7 Å². The van der Waals surface area contributed by atoms with E-state index in [-0.39, 0.29) is 17.1 Å². The van der Waals surface area contributed by atoms with E-state index in [0.29, 0.717) is 43.0 Å². The van der Waals surface area contributed by atoms with Gasteiger partial charge in [0.2, 0.25) is 10.0 Å². The van der Waals surface area contributed by atoms with Crippen LogP contribution in [-0.4, -0.2) is 49.6 Å². The first-order valence-corrected chi connectivity index (χ1v) is 14.9. The first kappa shape index (κ1) is 26.5. The van der Waals surface area contributed by atoms with Crippen LogP contribution in [-0.2, 0) is 19.6 Å². The molecule has 2 fully saturated rings. The number of allylic oxidation sites excluding steroid dienone is 1. The molecular weight excluding hydrogens is 462 g/mol. The first-order valence-electron chi connectivity index (χ1n) is 13.4. The fourth-order valence-corrected chi connectivity index (χ4v) is 7.46. The van der Waals surface area contributed by atoms with E-state index in [4.69, 9.17) is 4.74 Å². The number of hydrogen-bond donors (Lipinski definition) is 1. The number of sulfonamides is 1. The Bertz CT molecular complexity index is 1000. The number of ether oxygens (including phenoxy) is 1. The molecule has 7 heteroatoms. The lowest BCUT2D eigenvalue weighted by Gasteiger charge is -2.47. The van der Waals surface area contributed by atoms with Crippen LogP contribution in [0.3, 0.4) is 0 Å². The van der Waals surface area contributed by atoms with E-state index in [1.807, 2.05) is 25.1 Å². The van der Waals surface area contributed by atoms with Crippen LogP contribution in [0.2, 0.25) is 0 Å². The Hall–Kier alpha value is -1.54. The molecule has 2 bridgehead atoms. The normalized spacial score (nSPS) is 30.3. The number of nitrogens with zero attached hydrogens (tertiary/aromatic N) is 1. The van der Waals surface area contributed by atoms with Gasteiger partial charge < -0.3 is 9.84 Å². The quantitative estimate of drug-likeness (QED) is 0.604. The van der Waals surface area contributed by atoms with Crippen molar-refractivity contribution in [1.82, 2.24) is 4.31 Å². The third kappa shape index (κ3) is 6.24. The SMILES string of the molecule is Cc1ccc(S(=O)(=O)N2CCCCCCCCCC[C@@]34CC=C(CC2)C(=O)[C@@H]3CC(O)OC4)cc1. The summed E-state index contributed by atoms with van der Waals surface area (Å²) in [7, 11) is -3.64. The van der Waals surface area contributed by atoms with Crippen molar-refractivity contribution in [3.63, 3.8) is 0 Å². The van der Waals surface area contributed by atoms with Gasteiger partial charge in [0.1, 0.15) is 0 Å². The summed E-state index contributed by atoms with van der Waals surface area (Å²) in [5.74, 6) is -0.167. The summed E-state index contributed by atoms with van der Waals surface area (Å²) >= 11 is 0. The lowest BCUT2D eigenvalue weighted by atomic mass is 9.61.